The van der Waals surface area contributed by atoms with Crippen LogP contribution in [0.25, 0.3) is 44.8 Å². The Hall–Kier alpha value is -3.35. The number of benzene rings is 3. The molecular weight excluding hydrogens is 548 g/mol. The molecule has 0 aliphatic carbocycles. The number of imidazole rings is 2. The minimum atomic E-state index is -4.87. The first-order chi connectivity index (χ1) is 17.1. The first-order valence-electron chi connectivity index (χ1n) is 10.2. The minimum Gasteiger partial charge on any atom is -0.338 e. The van der Waals surface area contributed by atoms with E-state index in [0.29, 0.717) is 39.6 Å². The van der Waals surface area contributed by atoms with Gasteiger partial charge in [0.2, 0.25) is 0 Å². The van der Waals surface area contributed by atoms with Gasteiger partial charge < -0.3 is 23.6 Å². The van der Waals surface area contributed by atoms with E-state index in [9.17, 15) is 39.6 Å². The van der Waals surface area contributed by atoms with E-state index in [2.05, 4.69) is 19.9 Å². The molecular formula is C21H18N4O9S3. The molecule has 0 aliphatic rings. The van der Waals surface area contributed by atoms with Crippen LogP contribution < -0.4 is 0 Å². The van der Waals surface area contributed by atoms with Crippen LogP contribution in [0, 0.1) is 6.92 Å². The van der Waals surface area contributed by atoms with Gasteiger partial charge in [0.1, 0.15) is 32.9 Å². The highest BCUT2D eigenvalue weighted by Crippen LogP contribution is 2.46. The van der Waals surface area contributed by atoms with Crippen molar-refractivity contribution in [2.75, 3.05) is 0 Å². The Balaban J connectivity index is 1.56. The normalized spacial score (nSPS) is 13.5. The highest BCUT2D eigenvalue weighted by molar-refractivity contribution is 8.19. The number of aryl methyl sites for hydroxylation is 1. The number of H-pyrrole nitrogens is 2. The second kappa shape index (κ2) is 8.33. The molecule has 13 nitrogen and oxygen atoms in total. The minimum absolute atomic E-state index is 0.0281. The lowest BCUT2D eigenvalue weighted by atomic mass is 10.1. The molecule has 0 amide bonds. The molecule has 3 aromatic carbocycles. The van der Waals surface area contributed by atoms with E-state index >= 15 is 0 Å². The van der Waals surface area contributed by atoms with Crippen molar-refractivity contribution in [3.05, 3.63) is 54.1 Å². The molecule has 5 aromatic rings. The molecule has 0 radical (unpaired) electrons. The van der Waals surface area contributed by atoms with Gasteiger partial charge in [0.15, 0.2) is 0 Å². The van der Waals surface area contributed by atoms with Crippen molar-refractivity contribution in [2.45, 2.75) is 21.6 Å². The summed E-state index contributed by atoms with van der Waals surface area (Å²) in [5, 5.41) is 0. The molecule has 0 unspecified atom stereocenters. The zero-order valence-electron chi connectivity index (χ0n) is 18.6. The Morgan fingerprint density at radius 3 is 1.78 bits per heavy atom. The standard InChI is InChI=1S/C21H18N4O9S3/c1-10-6-14-15(9-17(10)36(29,30)31)23-20(22-14)11-2-4-12(5-3-11)21-24-16-7-13(35(26,27)28)8-18(19(16)25-21)37(32,33)34/h2-9,29-31H,1H3,(H,22,23)(H,24,25)(H,26,27,28)(H,32,33,34). The Labute approximate surface area is 210 Å². The van der Waals surface area contributed by atoms with Crippen LogP contribution >= 0.6 is 10.9 Å². The SMILES string of the molecule is Cc1cc2[nH]c(-c3ccc(-c4nc5c(S(=O)(=O)O)cc(S(=O)(=O)O)cc5[nH]4)cc3)nc2cc1S(O)(O)O. The van der Waals surface area contributed by atoms with Crippen molar-refractivity contribution in [3.8, 4) is 22.8 Å². The first-order valence-corrected chi connectivity index (χ1v) is 14.6. The van der Waals surface area contributed by atoms with Crippen molar-refractivity contribution >= 4 is 53.2 Å². The van der Waals surface area contributed by atoms with Crippen molar-refractivity contribution in [3.63, 3.8) is 0 Å². The molecule has 0 saturated carbocycles. The van der Waals surface area contributed by atoms with Gasteiger partial charge in [0.25, 0.3) is 20.2 Å². The molecule has 37 heavy (non-hydrogen) atoms. The number of hydrogen-bond acceptors (Lipinski definition) is 9. The summed E-state index contributed by atoms with van der Waals surface area (Å²) in [4.78, 5) is 13.0. The number of fused-ring (bicyclic) bond motifs is 2. The fourth-order valence-corrected chi connectivity index (χ4v) is 5.95. The van der Waals surface area contributed by atoms with Gasteiger partial charge in [-0.2, -0.15) is 16.8 Å². The average molecular weight is 567 g/mol. The first kappa shape index (κ1) is 25.3. The van der Waals surface area contributed by atoms with Gasteiger partial charge in [-0.25, -0.2) is 9.97 Å². The molecule has 0 aliphatic heterocycles. The summed E-state index contributed by atoms with van der Waals surface area (Å²) < 4.78 is 94.5. The van der Waals surface area contributed by atoms with Crippen LogP contribution in [0.5, 0.6) is 0 Å². The van der Waals surface area contributed by atoms with E-state index in [-0.39, 0.29) is 21.8 Å². The predicted molar refractivity (Wildman–Crippen MR) is 135 cm³/mol. The lowest BCUT2D eigenvalue weighted by Crippen LogP contribution is -2.04. The van der Waals surface area contributed by atoms with Crippen LogP contribution in [0.4, 0.5) is 0 Å². The molecule has 194 valence electrons. The van der Waals surface area contributed by atoms with Gasteiger partial charge >= 0.3 is 0 Å². The molecule has 16 heteroatoms. The molecule has 0 atom stereocenters. The summed E-state index contributed by atoms with van der Waals surface area (Å²) >= 11 is 0. The summed E-state index contributed by atoms with van der Waals surface area (Å²) in [5.41, 5.74) is 2.34. The average Bonchev–Trinajstić information content (AvgIpc) is 3.39. The zero-order valence-corrected chi connectivity index (χ0v) is 21.1. The Kier molecular flexibility index (Phi) is 5.70. The lowest BCUT2D eigenvalue weighted by molar-refractivity contribution is 0.375. The molecule has 0 saturated heterocycles. The fraction of sp³-hybridized carbons (Fsp3) is 0.0476. The summed E-state index contributed by atoms with van der Waals surface area (Å²) in [6, 6.07) is 11.3. The van der Waals surface area contributed by atoms with Crippen molar-refractivity contribution in [1.82, 2.24) is 19.9 Å². The molecule has 2 aromatic heterocycles. The number of aromatic amines is 2. The maximum atomic E-state index is 11.8. The Bertz CT molecular complexity index is 1920. The van der Waals surface area contributed by atoms with E-state index in [1.165, 1.54) is 6.07 Å². The van der Waals surface area contributed by atoms with E-state index in [1.807, 2.05) is 0 Å². The summed E-state index contributed by atoms with van der Waals surface area (Å²) in [6.07, 6.45) is 0. The smallest absolute Gasteiger partial charge is 0.296 e. The van der Waals surface area contributed by atoms with Crippen molar-refractivity contribution in [2.24, 2.45) is 0 Å². The highest BCUT2D eigenvalue weighted by Gasteiger charge is 2.24. The van der Waals surface area contributed by atoms with Gasteiger partial charge in [0, 0.05) is 11.1 Å². The van der Waals surface area contributed by atoms with Crippen molar-refractivity contribution < 1.29 is 39.6 Å². The number of nitrogens with one attached hydrogen (secondary N) is 2. The molecule has 0 bridgehead atoms. The third-order valence-corrected chi connectivity index (χ3v) is 8.33. The van der Waals surface area contributed by atoms with E-state index in [1.54, 1.807) is 37.3 Å². The van der Waals surface area contributed by atoms with Gasteiger partial charge in [-0.05, 0) is 36.8 Å². The maximum absolute atomic E-state index is 11.8. The largest absolute Gasteiger partial charge is 0.338 e. The van der Waals surface area contributed by atoms with Crippen LogP contribution in [-0.4, -0.2) is 59.5 Å². The molecule has 0 spiro atoms. The quantitative estimate of drug-likeness (QED) is 0.149. The van der Waals surface area contributed by atoms with Crippen LogP contribution in [0.15, 0.2) is 63.2 Å². The van der Waals surface area contributed by atoms with Crippen LogP contribution in [0.3, 0.4) is 0 Å². The Morgan fingerprint density at radius 2 is 1.24 bits per heavy atom. The van der Waals surface area contributed by atoms with Gasteiger partial charge in [-0.3, -0.25) is 9.11 Å². The molecule has 2 heterocycles. The predicted octanol–water partition coefficient (Wildman–Crippen LogP) is 4.16. The zero-order chi connectivity index (χ0) is 26.9. The van der Waals surface area contributed by atoms with Crippen LogP contribution in [0.1, 0.15) is 5.56 Å². The fourth-order valence-electron chi connectivity index (χ4n) is 3.91. The summed E-state index contributed by atoms with van der Waals surface area (Å²) in [7, 11) is -13.6. The number of rotatable bonds is 5. The number of nitrogens with zero attached hydrogens (tertiary/aromatic N) is 2. The highest BCUT2D eigenvalue weighted by atomic mass is 32.3. The van der Waals surface area contributed by atoms with Crippen LogP contribution in [-0.2, 0) is 20.2 Å². The third-order valence-electron chi connectivity index (χ3n) is 5.61. The summed E-state index contributed by atoms with van der Waals surface area (Å²) in [5.74, 6) is 0.612. The number of aromatic nitrogens is 4. The second-order valence-corrected chi connectivity index (χ2v) is 12.5. The van der Waals surface area contributed by atoms with Crippen molar-refractivity contribution in [1.29, 1.82) is 0 Å². The van der Waals surface area contributed by atoms with E-state index < -0.39 is 40.9 Å². The molecule has 0 fully saturated rings. The monoisotopic (exact) mass is 566 g/mol. The van der Waals surface area contributed by atoms with Gasteiger partial charge in [-0.15, -0.1) is 0 Å². The van der Waals surface area contributed by atoms with E-state index in [4.69, 9.17) is 0 Å². The van der Waals surface area contributed by atoms with Gasteiger partial charge in [-0.1, -0.05) is 24.3 Å². The topological polar surface area (TPSA) is 227 Å². The number of hydrogen-bond donors (Lipinski definition) is 7. The van der Waals surface area contributed by atoms with Gasteiger partial charge in [0.05, 0.1) is 26.3 Å². The van der Waals surface area contributed by atoms with E-state index in [0.717, 1.165) is 6.07 Å². The maximum Gasteiger partial charge on any atom is 0.296 e. The lowest BCUT2D eigenvalue weighted by Gasteiger charge is -2.21. The van der Waals surface area contributed by atoms with Crippen LogP contribution in [0.2, 0.25) is 0 Å². The molecule has 7 N–H and O–H groups in total. The second-order valence-electron chi connectivity index (χ2n) is 8.17. The third kappa shape index (κ3) is 4.72. The summed E-state index contributed by atoms with van der Waals surface area (Å²) in [6.45, 7) is 1.62. The Morgan fingerprint density at radius 1 is 0.676 bits per heavy atom. The molecule has 5 rings (SSSR count).